The minimum Gasteiger partial charge on any atom is -0.394 e. The molecule has 0 aliphatic carbocycles. The van der Waals surface area contributed by atoms with Crippen molar-refractivity contribution in [2.45, 2.75) is 24.5 Å². The van der Waals surface area contributed by atoms with E-state index < -0.39 is 37.0 Å². The average molecular weight is 271 g/mol. The van der Waals surface area contributed by atoms with Gasteiger partial charge in [-0.25, -0.2) is 9.18 Å². The van der Waals surface area contributed by atoms with E-state index in [1.807, 2.05) is 0 Å². The fraction of sp³-hybridized carbons (Fsp3) is 0.500. The van der Waals surface area contributed by atoms with Crippen LogP contribution in [0.5, 0.6) is 0 Å². The molecule has 1 aromatic heterocycles. The summed E-state index contributed by atoms with van der Waals surface area (Å²) in [5, 5.41) is 18.6. The number of amides is 1. The Balaban J connectivity index is 1.99. The van der Waals surface area contributed by atoms with Crippen molar-refractivity contribution in [3.8, 4) is 0 Å². The normalized spacial score (nSPS) is 33.6. The van der Waals surface area contributed by atoms with E-state index in [0.29, 0.717) is 0 Å². The number of aliphatic imine (C=N–C) groups is 1. The van der Waals surface area contributed by atoms with Crippen molar-refractivity contribution >= 4 is 11.9 Å². The monoisotopic (exact) mass is 271 g/mol. The SMILES string of the molecule is NC1=NC(=O)c2[nH]cc(C3OC(CO)C(O)C3F)[n+]21. The molecule has 5 N–H and O–H groups in total. The lowest BCUT2D eigenvalue weighted by Crippen LogP contribution is -2.51. The quantitative estimate of drug-likeness (QED) is 0.452. The van der Waals surface area contributed by atoms with Gasteiger partial charge in [-0.15, -0.1) is 0 Å². The van der Waals surface area contributed by atoms with Gasteiger partial charge in [0.2, 0.25) is 0 Å². The molecule has 0 saturated carbocycles. The van der Waals surface area contributed by atoms with Crippen LogP contribution in [-0.4, -0.2) is 52.1 Å². The van der Waals surface area contributed by atoms with Crippen LogP contribution in [0.1, 0.15) is 22.4 Å². The van der Waals surface area contributed by atoms with Gasteiger partial charge in [0.05, 0.1) is 12.8 Å². The fourth-order valence-corrected chi connectivity index (χ4v) is 2.33. The van der Waals surface area contributed by atoms with Gasteiger partial charge >= 0.3 is 11.9 Å². The topological polar surface area (TPSA) is 125 Å². The summed E-state index contributed by atoms with van der Waals surface area (Å²) in [5.41, 5.74) is 5.82. The number of H-pyrrole nitrogens is 1. The van der Waals surface area contributed by atoms with Crippen LogP contribution < -0.4 is 10.3 Å². The first-order chi connectivity index (χ1) is 9.04. The van der Waals surface area contributed by atoms with Crippen LogP contribution in [0.2, 0.25) is 0 Å². The zero-order chi connectivity index (χ0) is 13.7. The standard InChI is InChI=1S/C10H11FN4O4/c11-5-6(17)4(2-16)19-7(5)3-1-13-8-9(18)14-10(12)15(3)8/h1,4-7,16-17H,2H2,(H2,12,14,18)/p+1. The van der Waals surface area contributed by atoms with Crippen molar-refractivity contribution in [1.82, 2.24) is 4.98 Å². The molecule has 1 fully saturated rings. The number of nitrogens with one attached hydrogen (secondary N) is 1. The molecule has 3 rings (SSSR count). The number of nitrogens with two attached hydrogens (primary N) is 1. The number of aromatic amines is 1. The van der Waals surface area contributed by atoms with Crippen LogP contribution in [-0.2, 0) is 4.74 Å². The Morgan fingerprint density at radius 3 is 3.00 bits per heavy atom. The van der Waals surface area contributed by atoms with E-state index in [1.165, 1.54) is 10.8 Å². The number of imidazole rings is 1. The van der Waals surface area contributed by atoms with E-state index >= 15 is 0 Å². The van der Waals surface area contributed by atoms with Gasteiger partial charge in [0, 0.05) is 0 Å². The molecule has 9 heteroatoms. The molecule has 102 valence electrons. The molecule has 1 saturated heterocycles. The number of fused-ring (bicyclic) bond motifs is 1. The molecule has 19 heavy (non-hydrogen) atoms. The van der Waals surface area contributed by atoms with Crippen molar-refractivity contribution in [3.63, 3.8) is 0 Å². The summed E-state index contributed by atoms with van der Waals surface area (Å²) in [6.45, 7) is -0.502. The summed E-state index contributed by atoms with van der Waals surface area (Å²) < 4.78 is 20.5. The van der Waals surface area contributed by atoms with Crippen molar-refractivity contribution in [2.75, 3.05) is 6.61 Å². The lowest BCUT2D eigenvalue weighted by molar-refractivity contribution is -0.569. The van der Waals surface area contributed by atoms with E-state index in [2.05, 4.69) is 9.98 Å². The van der Waals surface area contributed by atoms with Crippen molar-refractivity contribution in [1.29, 1.82) is 0 Å². The predicted molar refractivity (Wildman–Crippen MR) is 57.9 cm³/mol. The average Bonchev–Trinajstić information content (AvgIpc) is 3.00. The maximum atomic E-state index is 14.0. The van der Waals surface area contributed by atoms with Crippen molar-refractivity contribution in [2.24, 2.45) is 10.7 Å². The number of aliphatic hydroxyl groups is 2. The van der Waals surface area contributed by atoms with Gasteiger partial charge in [0.15, 0.2) is 6.17 Å². The third-order valence-corrected chi connectivity index (χ3v) is 3.28. The molecule has 4 unspecified atom stereocenters. The summed E-state index contributed by atoms with van der Waals surface area (Å²) in [5.74, 6) is -0.546. The summed E-state index contributed by atoms with van der Waals surface area (Å²) in [6, 6.07) is 0. The van der Waals surface area contributed by atoms with Gasteiger partial charge < -0.3 is 20.7 Å². The summed E-state index contributed by atoms with van der Waals surface area (Å²) in [4.78, 5) is 17.6. The van der Waals surface area contributed by atoms with E-state index in [4.69, 9.17) is 15.6 Å². The third kappa shape index (κ3) is 1.59. The molecular weight excluding hydrogens is 259 g/mol. The molecule has 3 heterocycles. The van der Waals surface area contributed by atoms with Crippen LogP contribution in [0, 0.1) is 0 Å². The highest BCUT2D eigenvalue weighted by Crippen LogP contribution is 2.34. The van der Waals surface area contributed by atoms with E-state index in [1.54, 1.807) is 0 Å². The van der Waals surface area contributed by atoms with Crippen LogP contribution in [0.4, 0.5) is 4.39 Å². The highest BCUT2D eigenvalue weighted by atomic mass is 19.1. The Morgan fingerprint density at radius 2 is 2.37 bits per heavy atom. The predicted octanol–water partition coefficient (Wildman–Crippen LogP) is -2.25. The van der Waals surface area contributed by atoms with E-state index in [-0.39, 0.29) is 17.5 Å². The van der Waals surface area contributed by atoms with Crippen molar-refractivity contribution < 1.29 is 28.7 Å². The fourth-order valence-electron chi connectivity index (χ4n) is 2.33. The lowest BCUT2D eigenvalue weighted by Gasteiger charge is -2.11. The van der Waals surface area contributed by atoms with Crippen LogP contribution >= 0.6 is 0 Å². The maximum absolute atomic E-state index is 14.0. The number of carbonyl (C=O) groups excluding carboxylic acids is 1. The third-order valence-electron chi connectivity index (χ3n) is 3.28. The molecule has 1 amide bonds. The van der Waals surface area contributed by atoms with E-state index in [9.17, 15) is 14.3 Å². The molecule has 2 aliphatic rings. The number of rotatable bonds is 2. The first-order valence-electron chi connectivity index (χ1n) is 5.65. The molecule has 0 spiro atoms. The van der Waals surface area contributed by atoms with Crippen LogP contribution in [0.15, 0.2) is 11.2 Å². The van der Waals surface area contributed by atoms with Gasteiger partial charge in [0.25, 0.3) is 5.82 Å². The van der Waals surface area contributed by atoms with Gasteiger partial charge in [0.1, 0.15) is 24.0 Å². The minimum atomic E-state index is -1.73. The van der Waals surface area contributed by atoms with Crippen LogP contribution in [0.25, 0.3) is 0 Å². The first kappa shape index (κ1) is 12.2. The molecule has 4 atom stereocenters. The summed E-state index contributed by atoms with van der Waals surface area (Å²) >= 11 is 0. The molecule has 0 aromatic carbocycles. The second-order valence-electron chi connectivity index (χ2n) is 4.39. The number of aromatic nitrogens is 2. The van der Waals surface area contributed by atoms with Gasteiger partial charge in [-0.2, -0.15) is 4.57 Å². The van der Waals surface area contributed by atoms with Gasteiger partial charge in [-0.1, -0.05) is 4.99 Å². The van der Waals surface area contributed by atoms with Gasteiger partial charge in [-0.05, 0) is 0 Å². The smallest absolute Gasteiger partial charge is 0.390 e. The summed E-state index contributed by atoms with van der Waals surface area (Å²) in [7, 11) is 0. The highest BCUT2D eigenvalue weighted by molar-refractivity contribution is 6.01. The highest BCUT2D eigenvalue weighted by Gasteiger charge is 2.48. The first-order valence-corrected chi connectivity index (χ1v) is 5.65. The zero-order valence-corrected chi connectivity index (χ0v) is 9.65. The number of hydrogen-bond donors (Lipinski definition) is 4. The molecule has 8 nitrogen and oxygen atoms in total. The van der Waals surface area contributed by atoms with E-state index in [0.717, 1.165) is 0 Å². The molecule has 0 bridgehead atoms. The number of halogens is 1. The Bertz CT molecular complexity index is 572. The number of ether oxygens (including phenoxy) is 1. The Labute approximate surface area is 106 Å². The number of hydrogen-bond acceptors (Lipinski definition) is 5. The second-order valence-corrected chi connectivity index (χ2v) is 4.39. The number of carbonyl (C=O) groups is 1. The Hall–Kier alpha value is -1.84. The Morgan fingerprint density at radius 1 is 1.63 bits per heavy atom. The van der Waals surface area contributed by atoms with Crippen molar-refractivity contribution in [3.05, 3.63) is 17.7 Å². The second kappa shape index (κ2) is 4.08. The number of alkyl halides is 1. The maximum Gasteiger partial charge on any atom is 0.390 e. The zero-order valence-electron chi connectivity index (χ0n) is 9.65. The van der Waals surface area contributed by atoms with Crippen LogP contribution in [0.3, 0.4) is 0 Å². The molecule has 0 radical (unpaired) electrons. The number of aliphatic hydroxyl groups excluding tert-OH is 2. The molecule has 2 aliphatic heterocycles. The minimum absolute atomic E-state index is 0.0889. The lowest BCUT2D eigenvalue weighted by atomic mass is 10.1. The molecular formula is C10H12FN4O4+. The summed E-state index contributed by atoms with van der Waals surface area (Å²) in [6.07, 6.45) is -3.93. The largest absolute Gasteiger partial charge is 0.394 e. The van der Waals surface area contributed by atoms with Gasteiger partial charge in [-0.3, -0.25) is 4.98 Å². The number of nitrogens with zero attached hydrogens (tertiary/aromatic N) is 2. The molecule has 1 aromatic rings. The Kier molecular flexibility index (Phi) is 2.62.